The second-order valence-corrected chi connectivity index (χ2v) is 10.3. The molecule has 3 aromatic rings. The number of unbranched alkanes of at least 4 members (excludes halogenated alkanes) is 8. The second-order valence-electron chi connectivity index (χ2n) is 10.3. The van der Waals surface area contributed by atoms with Gasteiger partial charge in [0.1, 0.15) is 5.75 Å². The van der Waals surface area contributed by atoms with Gasteiger partial charge in [0.2, 0.25) is 5.88 Å². The first kappa shape index (κ1) is 27.1. The van der Waals surface area contributed by atoms with Crippen molar-refractivity contribution in [2.24, 2.45) is 5.92 Å². The Kier molecular flexibility index (Phi) is 11.2. The average Bonchev–Trinajstić information content (AvgIpc) is 3.77. The molecule has 37 heavy (non-hydrogen) atoms. The minimum absolute atomic E-state index is 0.665. The summed E-state index contributed by atoms with van der Waals surface area (Å²) in [5, 5.41) is 0. The van der Waals surface area contributed by atoms with Crippen molar-refractivity contribution in [3.8, 4) is 34.1 Å². The van der Waals surface area contributed by atoms with Gasteiger partial charge in [0.15, 0.2) is 0 Å². The fourth-order valence-corrected chi connectivity index (χ4v) is 4.51. The summed E-state index contributed by atoms with van der Waals surface area (Å²) in [6, 6.07) is 12.0. The summed E-state index contributed by atoms with van der Waals surface area (Å²) in [7, 11) is 0. The van der Waals surface area contributed by atoms with Crippen molar-refractivity contribution in [1.29, 1.82) is 0 Å². The zero-order chi connectivity index (χ0) is 25.5. The monoisotopic (exact) mass is 501 g/mol. The van der Waals surface area contributed by atoms with Crippen molar-refractivity contribution in [2.75, 3.05) is 13.2 Å². The summed E-state index contributed by atoms with van der Waals surface area (Å²) >= 11 is 0. The molecule has 1 saturated carbocycles. The minimum Gasteiger partial charge on any atom is -0.494 e. The number of benzene rings is 1. The van der Waals surface area contributed by atoms with Crippen LogP contribution in [0.25, 0.3) is 22.5 Å². The van der Waals surface area contributed by atoms with E-state index in [1.807, 2.05) is 42.6 Å². The van der Waals surface area contributed by atoms with Crippen LogP contribution in [-0.2, 0) is 0 Å². The van der Waals surface area contributed by atoms with Crippen LogP contribution >= 0.6 is 0 Å². The maximum absolute atomic E-state index is 5.92. The Hall–Kier alpha value is -2.95. The summed E-state index contributed by atoms with van der Waals surface area (Å²) in [5.41, 5.74) is 3.61. The van der Waals surface area contributed by atoms with Gasteiger partial charge in [-0.05, 0) is 49.1 Å². The SMILES string of the molecule is CCCCCCCCOc1ccc(-c2cnc(-c3ccc(OCCCCCCC4CC4)cc3)cn2)cn1. The topological polar surface area (TPSA) is 57.1 Å². The van der Waals surface area contributed by atoms with E-state index in [2.05, 4.69) is 21.9 Å². The van der Waals surface area contributed by atoms with Gasteiger partial charge in [0, 0.05) is 23.4 Å². The van der Waals surface area contributed by atoms with Crippen LogP contribution in [0.4, 0.5) is 0 Å². The number of ether oxygens (including phenoxy) is 2. The average molecular weight is 502 g/mol. The zero-order valence-electron chi connectivity index (χ0n) is 22.5. The number of aromatic nitrogens is 3. The lowest BCUT2D eigenvalue weighted by Crippen LogP contribution is -1.99. The van der Waals surface area contributed by atoms with Crippen LogP contribution in [0.2, 0.25) is 0 Å². The molecule has 0 radical (unpaired) electrons. The lowest BCUT2D eigenvalue weighted by molar-refractivity contribution is 0.293. The van der Waals surface area contributed by atoms with Gasteiger partial charge < -0.3 is 9.47 Å². The molecule has 5 nitrogen and oxygen atoms in total. The summed E-state index contributed by atoms with van der Waals surface area (Å²) < 4.78 is 11.7. The predicted molar refractivity (Wildman–Crippen MR) is 151 cm³/mol. The van der Waals surface area contributed by atoms with Crippen LogP contribution in [0.5, 0.6) is 11.6 Å². The summed E-state index contributed by atoms with van der Waals surface area (Å²) in [6.07, 6.45) is 22.4. The Morgan fingerprint density at radius 3 is 1.89 bits per heavy atom. The molecule has 1 aliphatic rings. The van der Waals surface area contributed by atoms with E-state index in [1.54, 1.807) is 12.4 Å². The molecular weight excluding hydrogens is 458 g/mol. The molecule has 2 heterocycles. The molecule has 0 unspecified atom stereocenters. The molecule has 4 rings (SSSR count). The molecule has 0 bridgehead atoms. The van der Waals surface area contributed by atoms with E-state index in [1.165, 1.54) is 70.6 Å². The largest absolute Gasteiger partial charge is 0.494 e. The highest BCUT2D eigenvalue weighted by molar-refractivity contribution is 5.62. The highest BCUT2D eigenvalue weighted by Gasteiger charge is 2.19. The van der Waals surface area contributed by atoms with Crippen molar-refractivity contribution < 1.29 is 9.47 Å². The lowest BCUT2D eigenvalue weighted by Gasteiger charge is -2.08. The van der Waals surface area contributed by atoms with Crippen molar-refractivity contribution in [3.63, 3.8) is 0 Å². The smallest absolute Gasteiger partial charge is 0.213 e. The molecule has 5 heteroatoms. The van der Waals surface area contributed by atoms with Crippen molar-refractivity contribution >= 4 is 0 Å². The van der Waals surface area contributed by atoms with Gasteiger partial charge in [-0.25, -0.2) is 4.98 Å². The van der Waals surface area contributed by atoms with E-state index in [-0.39, 0.29) is 0 Å². The van der Waals surface area contributed by atoms with Crippen LogP contribution in [0.1, 0.15) is 90.4 Å². The third kappa shape index (κ3) is 9.79. The normalized spacial score (nSPS) is 13.0. The molecule has 0 aliphatic heterocycles. The Balaban J connectivity index is 1.16. The van der Waals surface area contributed by atoms with Gasteiger partial charge in [-0.3, -0.25) is 9.97 Å². The van der Waals surface area contributed by atoms with Crippen molar-refractivity contribution in [1.82, 2.24) is 15.0 Å². The highest BCUT2D eigenvalue weighted by Crippen LogP contribution is 2.34. The van der Waals surface area contributed by atoms with Gasteiger partial charge in [0.25, 0.3) is 0 Å². The molecule has 0 atom stereocenters. The first-order valence-electron chi connectivity index (χ1n) is 14.5. The molecule has 2 aromatic heterocycles. The van der Waals surface area contributed by atoms with Gasteiger partial charge in [0.05, 0.1) is 37.0 Å². The maximum atomic E-state index is 5.92. The van der Waals surface area contributed by atoms with Crippen molar-refractivity contribution in [3.05, 3.63) is 55.0 Å². The van der Waals surface area contributed by atoms with Crippen LogP contribution in [-0.4, -0.2) is 28.2 Å². The molecule has 1 aromatic carbocycles. The van der Waals surface area contributed by atoms with E-state index in [4.69, 9.17) is 9.47 Å². The van der Waals surface area contributed by atoms with Gasteiger partial charge in [-0.1, -0.05) is 77.6 Å². The van der Waals surface area contributed by atoms with E-state index >= 15 is 0 Å². The quantitative estimate of drug-likeness (QED) is 0.163. The molecule has 198 valence electrons. The predicted octanol–water partition coefficient (Wildman–Crippen LogP) is 8.68. The number of rotatable bonds is 18. The van der Waals surface area contributed by atoms with Crippen LogP contribution < -0.4 is 9.47 Å². The fraction of sp³-hybridized carbons (Fsp3) is 0.531. The first-order valence-corrected chi connectivity index (χ1v) is 14.5. The van der Waals surface area contributed by atoms with Gasteiger partial charge >= 0.3 is 0 Å². The Labute approximate surface area is 223 Å². The Morgan fingerprint density at radius 1 is 0.622 bits per heavy atom. The van der Waals surface area contributed by atoms with E-state index in [0.29, 0.717) is 5.88 Å². The molecule has 0 N–H and O–H groups in total. The minimum atomic E-state index is 0.665. The molecular formula is C32H43N3O2. The van der Waals surface area contributed by atoms with Crippen LogP contribution in [0, 0.1) is 5.92 Å². The van der Waals surface area contributed by atoms with Crippen LogP contribution in [0.15, 0.2) is 55.0 Å². The van der Waals surface area contributed by atoms with E-state index < -0.39 is 0 Å². The number of hydrogen-bond donors (Lipinski definition) is 0. The lowest BCUT2D eigenvalue weighted by atomic mass is 10.1. The summed E-state index contributed by atoms with van der Waals surface area (Å²) in [6.45, 7) is 3.75. The number of nitrogens with zero attached hydrogens (tertiary/aromatic N) is 3. The van der Waals surface area contributed by atoms with Gasteiger partial charge in [-0.15, -0.1) is 0 Å². The molecule has 0 saturated heterocycles. The fourth-order valence-electron chi connectivity index (χ4n) is 4.51. The maximum Gasteiger partial charge on any atom is 0.213 e. The molecule has 0 spiro atoms. The summed E-state index contributed by atoms with van der Waals surface area (Å²) in [5.74, 6) is 2.63. The molecule has 1 fully saturated rings. The highest BCUT2D eigenvalue weighted by atomic mass is 16.5. The first-order chi connectivity index (χ1) is 18.3. The van der Waals surface area contributed by atoms with Gasteiger partial charge in [-0.2, -0.15) is 0 Å². The summed E-state index contributed by atoms with van der Waals surface area (Å²) in [4.78, 5) is 13.7. The number of pyridine rings is 1. The Bertz CT molecular complexity index is 1020. The van der Waals surface area contributed by atoms with E-state index in [0.717, 1.165) is 60.2 Å². The number of hydrogen-bond acceptors (Lipinski definition) is 5. The zero-order valence-corrected chi connectivity index (χ0v) is 22.5. The second kappa shape index (κ2) is 15.3. The Morgan fingerprint density at radius 2 is 1.24 bits per heavy atom. The van der Waals surface area contributed by atoms with Crippen LogP contribution in [0.3, 0.4) is 0 Å². The molecule has 0 amide bonds. The third-order valence-electron chi connectivity index (χ3n) is 7.05. The molecule has 1 aliphatic carbocycles. The van der Waals surface area contributed by atoms with Crippen molar-refractivity contribution in [2.45, 2.75) is 90.4 Å². The third-order valence-corrected chi connectivity index (χ3v) is 7.05. The standard InChI is InChI=1S/C32H43N3O2/c1-2-3-4-5-7-11-22-37-32-20-17-28(23-35-32)31-25-33-30(24-34-31)27-15-18-29(19-16-27)36-21-10-8-6-9-12-26-13-14-26/h15-20,23-26H,2-14,21-22H2,1H3. The van der Waals surface area contributed by atoms with E-state index in [9.17, 15) is 0 Å².